The van der Waals surface area contributed by atoms with Crippen molar-refractivity contribution in [2.75, 3.05) is 12.4 Å². The smallest absolute Gasteiger partial charge is 0.316 e. The minimum atomic E-state index is -0.810. The molecule has 0 aliphatic carbocycles. The van der Waals surface area contributed by atoms with Crippen LogP contribution in [0.15, 0.2) is 24.3 Å². The van der Waals surface area contributed by atoms with Crippen LogP contribution < -0.4 is 16.4 Å². The van der Waals surface area contributed by atoms with Crippen LogP contribution in [0.5, 0.6) is 0 Å². The first kappa shape index (κ1) is 19.0. The molecule has 24 heavy (non-hydrogen) atoms. The summed E-state index contributed by atoms with van der Waals surface area (Å²) < 4.78 is 0. The quantitative estimate of drug-likeness (QED) is 0.535. The Hall–Kier alpha value is -3.08. The second-order valence-electron chi connectivity index (χ2n) is 5.72. The highest BCUT2D eigenvalue weighted by molar-refractivity contribution is 5.99. The topological polar surface area (TPSA) is 128 Å². The molecular weight excluding hydrogens is 310 g/mol. The second kappa shape index (κ2) is 8.53. The molecule has 0 heterocycles. The number of benzene rings is 1. The van der Waals surface area contributed by atoms with Gasteiger partial charge in [-0.3, -0.25) is 14.5 Å². The molecule has 8 heteroatoms. The van der Waals surface area contributed by atoms with Crippen molar-refractivity contribution in [3.63, 3.8) is 0 Å². The summed E-state index contributed by atoms with van der Waals surface area (Å²) in [5.74, 6) is -0.811. The van der Waals surface area contributed by atoms with Gasteiger partial charge in [0.25, 0.3) is 11.8 Å². The third kappa shape index (κ3) is 5.61. The van der Waals surface area contributed by atoms with E-state index in [-0.39, 0.29) is 11.5 Å². The number of hydrogen-bond acceptors (Lipinski definition) is 4. The molecule has 1 aromatic rings. The van der Waals surface area contributed by atoms with E-state index in [0.29, 0.717) is 12.1 Å². The summed E-state index contributed by atoms with van der Waals surface area (Å²) in [5, 5.41) is 13.9. The maximum absolute atomic E-state index is 12.4. The number of carbonyl (C=O) groups is 3. The van der Waals surface area contributed by atoms with E-state index in [1.165, 1.54) is 13.1 Å². The summed E-state index contributed by atoms with van der Waals surface area (Å²) in [4.78, 5) is 36.3. The summed E-state index contributed by atoms with van der Waals surface area (Å²) >= 11 is 0. The minimum absolute atomic E-state index is 0.147. The van der Waals surface area contributed by atoms with Crippen LogP contribution in [0.1, 0.15) is 30.6 Å². The van der Waals surface area contributed by atoms with Gasteiger partial charge in [-0.25, -0.2) is 4.79 Å². The minimum Gasteiger partial charge on any atom is -0.351 e. The third-order valence-corrected chi connectivity index (χ3v) is 3.18. The van der Waals surface area contributed by atoms with Crippen LogP contribution in [-0.4, -0.2) is 35.8 Å². The molecule has 4 amide bonds. The summed E-state index contributed by atoms with van der Waals surface area (Å²) in [6, 6.07) is 4.62. The van der Waals surface area contributed by atoms with E-state index in [1.54, 1.807) is 24.4 Å². The van der Waals surface area contributed by atoms with Crippen LogP contribution in [0.3, 0.4) is 0 Å². The molecule has 1 unspecified atom stereocenters. The maximum Gasteiger partial charge on any atom is 0.316 e. The van der Waals surface area contributed by atoms with Crippen molar-refractivity contribution in [3.8, 4) is 6.19 Å². The number of likely N-dealkylation sites (N-methyl/N-ethyl adjacent to an activating group) is 1. The second-order valence-corrected chi connectivity index (χ2v) is 5.72. The highest BCUT2D eigenvalue weighted by Crippen LogP contribution is 2.12. The molecule has 0 spiro atoms. The van der Waals surface area contributed by atoms with Gasteiger partial charge in [0.2, 0.25) is 0 Å². The number of anilines is 1. The number of nitrogens with one attached hydrogen (secondary N) is 2. The number of urea groups is 1. The standard InChI is InChI=1S/C16H21N5O3/c1-10(2)7-13(15(23)21(3)9-17)20-14(22)11-5-4-6-12(8-11)19-16(18)24/h4-6,8,10,13H,7H2,1-3H3,(H,20,22)(H3,18,19,24). The average Bonchev–Trinajstić information content (AvgIpc) is 2.51. The van der Waals surface area contributed by atoms with Crippen molar-refractivity contribution in [2.24, 2.45) is 11.7 Å². The number of carbonyl (C=O) groups excluding carboxylic acids is 3. The normalized spacial score (nSPS) is 11.3. The number of amides is 4. The van der Waals surface area contributed by atoms with E-state index in [9.17, 15) is 14.4 Å². The van der Waals surface area contributed by atoms with Gasteiger partial charge < -0.3 is 16.4 Å². The molecule has 1 aromatic carbocycles. The molecule has 0 aliphatic rings. The number of hydrogen-bond donors (Lipinski definition) is 3. The molecular formula is C16H21N5O3. The SMILES string of the molecule is CC(C)CC(NC(=O)c1cccc(NC(N)=O)c1)C(=O)N(C)C#N. The van der Waals surface area contributed by atoms with E-state index in [4.69, 9.17) is 11.0 Å². The summed E-state index contributed by atoms with van der Waals surface area (Å²) in [6.07, 6.45) is 2.13. The van der Waals surface area contributed by atoms with E-state index < -0.39 is 23.9 Å². The number of rotatable bonds is 6. The van der Waals surface area contributed by atoms with Crippen molar-refractivity contribution >= 4 is 23.5 Å². The Labute approximate surface area is 140 Å². The highest BCUT2D eigenvalue weighted by atomic mass is 16.2. The van der Waals surface area contributed by atoms with Gasteiger partial charge in [-0.15, -0.1) is 0 Å². The number of nitrogens with two attached hydrogens (primary N) is 1. The molecule has 8 nitrogen and oxygen atoms in total. The van der Waals surface area contributed by atoms with E-state index in [0.717, 1.165) is 4.90 Å². The van der Waals surface area contributed by atoms with Gasteiger partial charge in [0, 0.05) is 18.3 Å². The Morgan fingerprint density at radius 2 is 2.00 bits per heavy atom. The summed E-state index contributed by atoms with van der Waals surface area (Å²) in [7, 11) is 1.35. The first-order valence-electron chi connectivity index (χ1n) is 7.39. The van der Waals surface area contributed by atoms with Gasteiger partial charge in [0.05, 0.1) is 0 Å². The molecule has 0 radical (unpaired) electrons. The maximum atomic E-state index is 12.4. The van der Waals surface area contributed by atoms with E-state index in [2.05, 4.69) is 10.6 Å². The Bertz CT molecular complexity index is 666. The molecule has 128 valence electrons. The number of primary amides is 1. The van der Waals surface area contributed by atoms with Crippen molar-refractivity contribution in [1.29, 1.82) is 5.26 Å². The predicted octanol–water partition coefficient (Wildman–Crippen LogP) is 1.26. The van der Waals surface area contributed by atoms with Crippen LogP contribution >= 0.6 is 0 Å². The average molecular weight is 331 g/mol. The highest BCUT2D eigenvalue weighted by Gasteiger charge is 2.25. The van der Waals surface area contributed by atoms with Crippen molar-refractivity contribution < 1.29 is 14.4 Å². The molecule has 1 rings (SSSR count). The van der Waals surface area contributed by atoms with Gasteiger partial charge in [0.15, 0.2) is 6.19 Å². The molecule has 0 saturated carbocycles. The van der Waals surface area contributed by atoms with Crippen LogP contribution in [-0.2, 0) is 4.79 Å². The molecule has 0 aromatic heterocycles. The lowest BCUT2D eigenvalue weighted by molar-refractivity contribution is -0.129. The van der Waals surface area contributed by atoms with E-state index >= 15 is 0 Å². The first-order valence-corrected chi connectivity index (χ1v) is 7.39. The van der Waals surface area contributed by atoms with Gasteiger partial charge >= 0.3 is 6.03 Å². The molecule has 1 atom stereocenters. The lowest BCUT2D eigenvalue weighted by atomic mass is 10.0. The lowest BCUT2D eigenvalue weighted by Gasteiger charge is -2.21. The van der Waals surface area contributed by atoms with Gasteiger partial charge in [-0.05, 0) is 30.5 Å². The van der Waals surface area contributed by atoms with Gasteiger partial charge in [0.1, 0.15) is 6.04 Å². The lowest BCUT2D eigenvalue weighted by Crippen LogP contribution is -2.46. The zero-order valence-corrected chi connectivity index (χ0v) is 13.9. The Kier molecular flexibility index (Phi) is 6.74. The first-order chi connectivity index (χ1) is 11.2. The fraction of sp³-hybridized carbons (Fsp3) is 0.375. The molecule has 0 bridgehead atoms. The van der Waals surface area contributed by atoms with Gasteiger partial charge in [-0.1, -0.05) is 19.9 Å². The molecule has 0 fully saturated rings. The van der Waals surface area contributed by atoms with Crippen LogP contribution in [0.2, 0.25) is 0 Å². The zero-order valence-electron chi connectivity index (χ0n) is 13.9. The molecule has 0 saturated heterocycles. The fourth-order valence-electron chi connectivity index (χ4n) is 2.10. The number of nitrogens with zero attached hydrogens (tertiary/aromatic N) is 2. The van der Waals surface area contributed by atoms with Crippen molar-refractivity contribution in [3.05, 3.63) is 29.8 Å². The number of nitriles is 1. The summed E-state index contributed by atoms with van der Waals surface area (Å²) in [6.45, 7) is 3.83. The molecule has 4 N–H and O–H groups in total. The Morgan fingerprint density at radius 1 is 1.33 bits per heavy atom. The zero-order chi connectivity index (χ0) is 18.3. The van der Waals surface area contributed by atoms with Crippen LogP contribution in [0.4, 0.5) is 10.5 Å². The Morgan fingerprint density at radius 3 is 2.54 bits per heavy atom. The van der Waals surface area contributed by atoms with E-state index in [1.807, 2.05) is 13.8 Å². The van der Waals surface area contributed by atoms with Crippen LogP contribution in [0, 0.1) is 17.4 Å². The predicted molar refractivity (Wildman–Crippen MR) is 88.7 cm³/mol. The fourth-order valence-corrected chi connectivity index (χ4v) is 2.10. The third-order valence-electron chi connectivity index (χ3n) is 3.18. The largest absolute Gasteiger partial charge is 0.351 e. The molecule has 0 aliphatic heterocycles. The van der Waals surface area contributed by atoms with Gasteiger partial charge in [-0.2, -0.15) is 5.26 Å². The van der Waals surface area contributed by atoms with Crippen molar-refractivity contribution in [1.82, 2.24) is 10.2 Å². The van der Waals surface area contributed by atoms with Crippen LogP contribution in [0.25, 0.3) is 0 Å². The summed E-state index contributed by atoms with van der Waals surface area (Å²) in [5.41, 5.74) is 5.68. The van der Waals surface area contributed by atoms with Crippen molar-refractivity contribution in [2.45, 2.75) is 26.3 Å². The monoisotopic (exact) mass is 331 g/mol. The Balaban J connectivity index is 2.93.